The number of pyridine rings is 1. The third kappa shape index (κ3) is 5.22. The molecule has 1 atom stereocenters. The average molecular weight is 351 g/mol. The average Bonchev–Trinajstić information content (AvgIpc) is 3.10. The standard InChI is InChI=1S/C20H21N3OS/c1-15(9-10-16-6-3-2-4-7-16)12-19(24)23-20-22-18(14-25-20)17-8-5-11-21-13-17/h2-8,11,13-15H,9-10,12H2,1H3,(H,22,23,24). The largest absolute Gasteiger partial charge is 0.302 e. The second kappa shape index (κ2) is 8.53. The number of hydrogen-bond acceptors (Lipinski definition) is 4. The van der Waals surface area contributed by atoms with Crippen LogP contribution in [0.25, 0.3) is 11.3 Å². The second-order valence-electron chi connectivity index (χ2n) is 6.16. The van der Waals surface area contributed by atoms with Gasteiger partial charge in [-0.1, -0.05) is 37.3 Å². The molecule has 0 aliphatic carbocycles. The van der Waals surface area contributed by atoms with Crippen LogP contribution in [0.1, 0.15) is 25.3 Å². The lowest BCUT2D eigenvalue weighted by atomic mass is 9.98. The number of rotatable bonds is 7. The Morgan fingerprint density at radius 1 is 1.20 bits per heavy atom. The lowest BCUT2D eigenvalue weighted by Crippen LogP contribution is -2.15. The molecule has 0 aliphatic rings. The van der Waals surface area contributed by atoms with Crippen LogP contribution in [0.3, 0.4) is 0 Å². The van der Waals surface area contributed by atoms with Crippen molar-refractivity contribution >= 4 is 22.4 Å². The van der Waals surface area contributed by atoms with Crippen molar-refractivity contribution in [2.45, 2.75) is 26.2 Å². The Balaban J connectivity index is 1.48. The summed E-state index contributed by atoms with van der Waals surface area (Å²) >= 11 is 1.44. The van der Waals surface area contributed by atoms with Crippen molar-refractivity contribution in [2.24, 2.45) is 5.92 Å². The molecule has 1 N–H and O–H groups in total. The zero-order valence-electron chi connectivity index (χ0n) is 14.2. The fourth-order valence-electron chi connectivity index (χ4n) is 2.62. The maximum atomic E-state index is 12.2. The Hall–Kier alpha value is -2.53. The molecule has 4 nitrogen and oxygen atoms in total. The maximum Gasteiger partial charge on any atom is 0.226 e. The number of anilines is 1. The summed E-state index contributed by atoms with van der Waals surface area (Å²) in [5, 5.41) is 5.48. The topological polar surface area (TPSA) is 54.9 Å². The second-order valence-corrected chi connectivity index (χ2v) is 7.02. The lowest BCUT2D eigenvalue weighted by Gasteiger charge is -2.10. The van der Waals surface area contributed by atoms with Gasteiger partial charge in [-0.15, -0.1) is 11.3 Å². The van der Waals surface area contributed by atoms with Crippen LogP contribution in [0.4, 0.5) is 5.13 Å². The predicted octanol–water partition coefficient (Wildman–Crippen LogP) is 4.80. The maximum absolute atomic E-state index is 12.2. The van der Waals surface area contributed by atoms with E-state index < -0.39 is 0 Å². The van der Waals surface area contributed by atoms with Crippen LogP contribution in [-0.4, -0.2) is 15.9 Å². The van der Waals surface area contributed by atoms with E-state index in [0.29, 0.717) is 17.5 Å². The molecular weight excluding hydrogens is 330 g/mol. The highest BCUT2D eigenvalue weighted by atomic mass is 32.1. The zero-order chi connectivity index (χ0) is 17.5. The lowest BCUT2D eigenvalue weighted by molar-refractivity contribution is -0.117. The number of aromatic nitrogens is 2. The molecule has 0 fully saturated rings. The number of carbonyl (C=O) groups is 1. The summed E-state index contributed by atoms with van der Waals surface area (Å²) in [7, 11) is 0. The molecule has 0 aliphatic heterocycles. The van der Waals surface area contributed by atoms with Gasteiger partial charge in [0.15, 0.2) is 5.13 Å². The first-order chi connectivity index (χ1) is 12.2. The van der Waals surface area contributed by atoms with E-state index in [1.54, 1.807) is 12.4 Å². The molecule has 3 aromatic rings. The van der Waals surface area contributed by atoms with Crippen molar-refractivity contribution in [3.63, 3.8) is 0 Å². The monoisotopic (exact) mass is 351 g/mol. The Labute approximate surface area is 152 Å². The molecule has 0 bridgehead atoms. The number of thiazole rings is 1. The van der Waals surface area contributed by atoms with Gasteiger partial charge in [-0.2, -0.15) is 0 Å². The molecule has 1 unspecified atom stereocenters. The van der Waals surface area contributed by atoms with Crippen molar-refractivity contribution in [1.29, 1.82) is 0 Å². The summed E-state index contributed by atoms with van der Waals surface area (Å²) in [5.41, 5.74) is 3.11. The van der Waals surface area contributed by atoms with Gasteiger partial charge in [0.2, 0.25) is 5.91 Å². The molecule has 2 aromatic heterocycles. The van der Waals surface area contributed by atoms with Gasteiger partial charge in [0, 0.05) is 29.8 Å². The number of benzene rings is 1. The van der Waals surface area contributed by atoms with E-state index in [1.807, 2.05) is 23.6 Å². The predicted molar refractivity (Wildman–Crippen MR) is 103 cm³/mol. The first-order valence-corrected chi connectivity index (χ1v) is 9.28. The Bertz CT molecular complexity index is 802. The van der Waals surface area contributed by atoms with Crippen LogP contribution in [-0.2, 0) is 11.2 Å². The number of amides is 1. The van der Waals surface area contributed by atoms with Gasteiger partial charge >= 0.3 is 0 Å². The minimum Gasteiger partial charge on any atom is -0.302 e. The Morgan fingerprint density at radius 3 is 2.80 bits per heavy atom. The molecule has 25 heavy (non-hydrogen) atoms. The van der Waals surface area contributed by atoms with Crippen LogP contribution in [0.15, 0.2) is 60.2 Å². The number of aryl methyl sites for hydroxylation is 1. The molecule has 1 aromatic carbocycles. The van der Waals surface area contributed by atoms with Crippen molar-refractivity contribution < 1.29 is 4.79 Å². The van der Waals surface area contributed by atoms with Gasteiger partial charge in [0.25, 0.3) is 0 Å². The quantitative estimate of drug-likeness (QED) is 0.665. The highest BCUT2D eigenvalue weighted by Gasteiger charge is 2.12. The molecule has 1 amide bonds. The smallest absolute Gasteiger partial charge is 0.226 e. The van der Waals surface area contributed by atoms with E-state index >= 15 is 0 Å². The van der Waals surface area contributed by atoms with Gasteiger partial charge < -0.3 is 5.32 Å². The summed E-state index contributed by atoms with van der Waals surface area (Å²) in [6.45, 7) is 2.12. The van der Waals surface area contributed by atoms with E-state index in [0.717, 1.165) is 24.1 Å². The van der Waals surface area contributed by atoms with Crippen LogP contribution in [0.2, 0.25) is 0 Å². The highest BCUT2D eigenvalue weighted by Crippen LogP contribution is 2.24. The third-order valence-electron chi connectivity index (χ3n) is 4.01. The first-order valence-electron chi connectivity index (χ1n) is 8.40. The van der Waals surface area contributed by atoms with Crippen LogP contribution >= 0.6 is 11.3 Å². The van der Waals surface area contributed by atoms with E-state index in [9.17, 15) is 4.79 Å². The van der Waals surface area contributed by atoms with Gasteiger partial charge in [0.05, 0.1) is 5.69 Å². The van der Waals surface area contributed by atoms with Gasteiger partial charge in [0.1, 0.15) is 0 Å². The fraction of sp³-hybridized carbons (Fsp3) is 0.250. The summed E-state index contributed by atoms with van der Waals surface area (Å²) in [4.78, 5) is 20.8. The Kier molecular flexibility index (Phi) is 5.90. The van der Waals surface area contributed by atoms with Gasteiger partial charge in [-0.25, -0.2) is 4.98 Å². The number of hydrogen-bond donors (Lipinski definition) is 1. The van der Waals surface area contributed by atoms with E-state index in [1.165, 1.54) is 16.9 Å². The molecule has 0 spiro atoms. The van der Waals surface area contributed by atoms with Crippen LogP contribution in [0, 0.1) is 5.92 Å². The van der Waals surface area contributed by atoms with Crippen LogP contribution < -0.4 is 5.32 Å². The van der Waals surface area contributed by atoms with Crippen molar-refractivity contribution in [3.05, 3.63) is 65.8 Å². The summed E-state index contributed by atoms with van der Waals surface area (Å²) in [6, 6.07) is 14.2. The van der Waals surface area contributed by atoms with Crippen molar-refractivity contribution in [2.75, 3.05) is 5.32 Å². The van der Waals surface area contributed by atoms with Gasteiger partial charge in [-0.05, 0) is 36.5 Å². The van der Waals surface area contributed by atoms with Crippen molar-refractivity contribution in [1.82, 2.24) is 9.97 Å². The molecule has 0 saturated carbocycles. The zero-order valence-corrected chi connectivity index (χ0v) is 15.0. The summed E-state index contributed by atoms with van der Waals surface area (Å²) in [5.74, 6) is 0.352. The third-order valence-corrected chi connectivity index (χ3v) is 4.77. The summed E-state index contributed by atoms with van der Waals surface area (Å²) < 4.78 is 0. The Morgan fingerprint density at radius 2 is 2.04 bits per heavy atom. The van der Waals surface area contributed by atoms with Gasteiger partial charge in [-0.3, -0.25) is 9.78 Å². The molecule has 3 rings (SSSR count). The molecular formula is C20H21N3OS. The van der Waals surface area contributed by atoms with E-state index in [2.05, 4.69) is 46.5 Å². The van der Waals surface area contributed by atoms with E-state index in [-0.39, 0.29) is 5.91 Å². The number of carbonyl (C=O) groups excluding carboxylic acids is 1. The van der Waals surface area contributed by atoms with E-state index in [4.69, 9.17) is 0 Å². The molecule has 5 heteroatoms. The minimum atomic E-state index is 0.0210. The fourth-order valence-corrected chi connectivity index (χ4v) is 3.36. The number of nitrogens with one attached hydrogen (secondary N) is 1. The highest BCUT2D eigenvalue weighted by molar-refractivity contribution is 7.14. The SMILES string of the molecule is CC(CCc1ccccc1)CC(=O)Nc1nc(-c2cccnc2)cs1. The molecule has 0 saturated heterocycles. The summed E-state index contributed by atoms with van der Waals surface area (Å²) in [6.07, 6.45) is 6.00. The first kappa shape index (κ1) is 17.3. The normalized spacial score (nSPS) is 11.9. The van der Waals surface area contributed by atoms with Crippen LogP contribution in [0.5, 0.6) is 0 Å². The molecule has 0 radical (unpaired) electrons. The molecule has 2 heterocycles. The minimum absolute atomic E-state index is 0.0210. The number of nitrogens with zero attached hydrogens (tertiary/aromatic N) is 2. The molecule has 128 valence electrons. The van der Waals surface area contributed by atoms with Crippen molar-refractivity contribution in [3.8, 4) is 11.3 Å².